The molecule has 2 aromatic rings. The lowest BCUT2D eigenvalue weighted by molar-refractivity contribution is -0.138. The average molecular weight is 391 g/mol. The van der Waals surface area contributed by atoms with Crippen LogP contribution >= 0.6 is 0 Å². The van der Waals surface area contributed by atoms with Crippen LogP contribution < -0.4 is 9.64 Å². The van der Waals surface area contributed by atoms with Crippen LogP contribution in [0.5, 0.6) is 5.88 Å². The summed E-state index contributed by atoms with van der Waals surface area (Å²) in [6.07, 6.45) is 7.01. The molecular weight excluding hydrogens is 366 g/mol. The van der Waals surface area contributed by atoms with E-state index in [0.717, 1.165) is 50.3 Å². The first kappa shape index (κ1) is 19.2. The number of rotatable bonds is 4. The maximum atomic E-state index is 12.6. The molecule has 0 saturated carbocycles. The fraction of sp³-hybridized carbons (Fsp3) is 0.455. The van der Waals surface area contributed by atoms with Gasteiger partial charge in [0.15, 0.2) is 0 Å². The lowest BCUT2D eigenvalue weighted by Gasteiger charge is -2.49. The summed E-state index contributed by atoms with van der Waals surface area (Å²) in [4.78, 5) is 25.3. The summed E-state index contributed by atoms with van der Waals surface area (Å²) >= 11 is 0. The van der Waals surface area contributed by atoms with Crippen LogP contribution in [0.25, 0.3) is 0 Å². The number of likely N-dealkylation sites (tertiary alicyclic amines) is 1. The molecule has 0 N–H and O–H groups in total. The zero-order valence-corrected chi connectivity index (χ0v) is 16.7. The minimum atomic E-state index is 0.0319. The van der Waals surface area contributed by atoms with Crippen molar-refractivity contribution in [2.45, 2.75) is 32.2 Å². The molecule has 0 bridgehead atoms. The van der Waals surface area contributed by atoms with Gasteiger partial charge in [-0.2, -0.15) is 5.26 Å². The molecule has 7 nitrogen and oxygen atoms in total. The number of hydrogen-bond acceptors (Lipinski definition) is 6. The van der Waals surface area contributed by atoms with Crippen LogP contribution in [0.2, 0.25) is 0 Å². The number of piperidine rings is 2. The topological polar surface area (TPSA) is 82.3 Å². The van der Waals surface area contributed by atoms with Crippen molar-refractivity contribution in [3.63, 3.8) is 0 Å². The Hall–Kier alpha value is -3.14. The Morgan fingerprint density at radius 2 is 2.10 bits per heavy atom. The number of anilines is 1. The van der Waals surface area contributed by atoms with Crippen LogP contribution in [0.15, 0.2) is 36.7 Å². The maximum Gasteiger partial charge on any atom is 0.233 e. The normalized spacial score (nSPS) is 21.9. The number of pyridine rings is 2. The van der Waals surface area contributed by atoms with Gasteiger partial charge in [0.2, 0.25) is 11.8 Å². The first-order chi connectivity index (χ1) is 14.1. The zero-order valence-electron chi connectivity index (χ0n) is 16.7. The Balaban J connectivity index is 1.56. The van der Waals surface area contributed by atoms with Crippen LogP contribution in [-0.2, 0) is 11.3 Å². The van der Waals surface area contributed by atoms with E-state index in [4.69, 9.17) is 4.74 Å². The number of carbonyl (C=O) groups excluding carboxylic acids is 1. The van der Waals surface area contributed by atoms with Gasteiger partial charge in [-0.15, -0.1) is 0 Å². The fourth-order valence-corrected chi connectivity index (χ4v) is 4.64. The molecule has 0 unspecified atom stereocenters. The van der Waals surface area contributed by atoms with Crippen molar-refractivity contribution in [1.29, 1.82) is 5.26 Å². The molecule has 2 aliphatic rings. The number of nitrogens with zero attached hydrogens (tertiary/aromatic N) is 5. The number of carbonyl (C=O) groups is 1. The van der Waals surface area contributed by atoms with Gasteiger partial charge in [-0.3, -0.25) is 9.78 Å². The highest BCUT2D eigenvalue weighted by Gasteiger charge is 2.42. The van der Waals surface area contributed by atoms with Crippen molar-refractivity contribution in [2.24, 2.45) is 5.41 Å². The molecule has 2 fully saturated rings. The second-order valence-corrected chi connectivity index (χ2v) is 7.92. The molecule has 2 saturated heterocycles. The van der Waals surface area contributed by atoms with Crippen molar-refractivity contribution in [3.05, 3.63) is 47.9 Å². The average Bonchev–Trinajstić information content (AvgIpc) is 2.76. The van der Waals surface area contributed by atoms with E-state index in [1.807, 2.05) is 29.2 Å². The molecule has 0 aromatic carbocycles. The SMILES string of the molecule is COc1nccc(N2CCC[C@]3(CCC(=O)N(Cc4ccccn4)C3)C2)c1C#N. The van der Waals surface area contributed by atoms with E-state index < -0.39 is 0 Å². The van der Waals surface area contributed by atoms with Crippen LogP contribution in [0.3, 0.4) is 0 Å². The van der Waals surface area contributed by atoms with Gasteiger partial charge < -0.3 is 14.5 Å². The van der Waals surface area contributed by atoms with Crippen molar-refractivity contribution in [1.82, 2.24) is 14.9 Å². The van der Waals surface area contributed by atoms with Crippen LogP contribution in [0, 0.1) is 16.7 Å². The third-order valence-electron chi connectivity index (χ3n) is 6.03. The summed E-state index contributed by atoms with van der Waals surface area (Å²) in [5, 5.41) is 9.65. The molecular formula is C22H25N5O2. The Morgan fingerprint density at radius 1 is 1.21 bits per heavy atom. The zero-order chi connectivity index (χ0) is 20.3. The molecule has 150 valence electrons. The predicted molar refractivity (Wildman–Crippen MR) is 108 cm³/mol. The van der Waals surface area contributed by atoms with E-state index >= 15 is 0 Å². The maximum absolute atomic E-state index is 12.6. The minimum absolute atomic E-state index is 0.0319. The molecule has 2 aliphatic heterocycles. The largest absolute Gasteiger partial charge is 0.480 e. The first-order valence-electron chi connectivity index (χ1n) is 10.00. The Bertz CT molecular complexity index is 927. The molecule has 0 aliphatic carbocycles. The number of methoxy groups -OCH3 is 1. The monoisotopic (exact) mass is 391 g/mol. The smallest absolute Gasteiger partial charge is 0.233 e. The summed E-state index contributed by atoms with van der Waals surface area (Å²) in [5.74, 6) is 0.557. The molecule has 4 rings (SSSR count). The number of hydrogen-bond donors (Lipinski definition) is 0. The van der Waals surface area contributed by atoms with Gasteiger partial charge >= 0.3 is 0 Å². The standard InChI is InChI=1S/C22H25N5O2/c1-29-21-18(13-23)19(7-11-25-21)26-12-4-8-22(15-26)9-6-20(28)27(16-22)14-17-5-2-3-10-24-17/h2-3,5,7,10-11H,4,6,8-9,12,14-16H2,1H3/t22-/m0/s1. The van der Waals surface area contributed by atoms with Gasteiger partial charge in [0.25, 0.3) is 0 Å². The van der Waals surface area contributed by atoms with E-state index in [9.17, 15) is 10.1 Å². The molecule has 0 radical (unpaired) electrons. The summed E-state index contributed by atoms with van der Waals surface area (Å²) in [7, 11) is 1.53. The fourth-order valence-electron chi connectivity index (χ4n) is 4.64. The van der Waals surface area contributed by atoms with E-state index in [1.54, 1.807) is 12.4 Å². The molecule has 1 spiro atoms. The van der Waals surface area contributed by atoms with E-state index in [2.05, 4.69) is 20.9 Å². The number of ether oxygens (including phenoxy) is 1. The Kier molecular flexibility index (Phi) is 5.34. The van der Waals surface area contributed by atoms with E-state index in [0.29, 0.717) is 24.4 Å². The second kappa shape index (κ2) is 8.08. The summed E-state index contributed by atoms with van der Waals surface area (Å²) in [5.41, 5.74) is 2.29. The van der Waals surface area contributed by atoms with Gasteiger partial charge in [-0.25, -0.2) is 4.98 Å². The number of aromatic nitrogens is 2. The van der Waals surface area contributed by atoms with E-state index in [1.165, 1.54) is 7.11 Å². The summed E-state index contributed by atoms with van der Waals surface area (Å²) in [6.45, 7) is 2.98. The van der Waals surface area contributed by atoms with Crippen LogP contribution in [0.4, 0.5) is 5.69 Å². The minimum Gasteiger partial charge on any atom is -0.480 e. The van der Waals surface area contributed by atoms with Crippen molar-refractivity contribution in [2.75, 3.05) is 31.6 Å². The van der Waals surface area contributed by atoms with Gasteiger partial charge in [0.05, 0.1) is 25.0 Å². The third kappa shape index (κ3) is 3.88. The highest BCUT2D eigenvalue weighted by atomic mass is 16.5. The highest BCUT2D eigenvalue weighted by Crippen LogP contribution is 2.41. The van der Waals surface area contributed by atoms with Crippen molar-refractivity contribution in [3.8, 4) is 11.9 Å². The molecule has 1 amide bonds. The third-order valence-corrected chi connectivity index (χ3v) is 6.03. The van der Waals surface area contributed by atoms with Crippen LogP contribution in [0.1, 0.15) is 36.9 Å². The number of nitriles is 1. The number of amides is 1. The molecule has 1 atom stereocenters. The molecule has 2 aromatic heterocycles. The van der Waals surface area contributed by atoms with Crippen molar-refractivity contribution < 1.29 is 9.53 Å². The van der Waals surface area contributed by atoms with Gasteiger partial charge in [-0.05, 0) is 37.5 Å². The Labute approximate surface area is 170 Å². The quantitative estimate of drug-likeness (QED) is 0.797. The molecule has 29 heavy (non-hydrogen) atoms. The van der Waals surface area contributed by atoms with E-state index in [-0.39, 0.29) is 11.3 Å². The summed E-state index contributed by atoms with van der Waals surface area (Å²) < 4.78 is 5.28. The Morgan fingerprint density at radius 3 is 2.86 bits per heavy atom. The van der Waals surface area contributed by atoms with Crippen LogP contribution in [-0.4, -0.2) is 47.5 Å². The molecule has 7 heteroatoms. The molecule has 4 heterocycles. The summed E-state index contributed by atoms with van der Waals surface area (Å²) in [6, 6.07) is 9.94. The van der Waals surface area contributed by atoms with Gasteiger partial charge in [0, 0.05) is 43.9 Å². The first-order valence-corrected chi connectivity index (χ1v) is 10.00. The lowest BCUT2D eigenvalue weighted by atomic mass is 9.73. The van der Waals surface area contributed by atoms with Gasteiger partial charge in [0.1, 0.15) is 11.6 Å². The predicted octanol–water partition coefficient (Wildman–Crippen LogP) is 2.77. The second-order valence-electron chi connectivity index (χ2n) is 7.92. The lowest BCUT2D eigenvalue weighted by Crippen LogP contribution is -2.54. The van der Waals surface area contributed by atoms with Crippen molar-refractivity contribution >= 4 is 11.6 Å². The van der Waals surface area contributed by atoms with Gasteiger partial charge in [-0.1, -0.05) is 6.07 Å². The highest BCUT2D eigenvalue weighted by molar-refractivity contribution is 5.77.